The first-order valence-electron chi connectivity index (χ1n) is 6.68. The SMILES string of the molecule is Cc1ccc2oc(N3CCN(C(=O)CO)CC3)nc2c1. The molecule has 2 aromatic rings. The monoisotopic (exact) mass is 275 g/mol. The van der Waals surface area contributed by atoms with Gasteiger partial charge in [-0.05, 0) is 24.6 Å². The van der Waals surface area contributed by atoms with Crippen molar-refractivity contribution in [1.82, 2.24) is 9.88 Å². The van der Waals surface area contributed by atoms with Gasteiger partial charge in [0.2, 0.25) is 5.91 Å². The van der Waals surface area contributed by atoms with Crippen LogP contribution in [0.2, 0.25) is 0 Å². The van der Waals surface area contributed by atoms with Crippen LogP contribution in [0.4, 0.5) is 6.01 Å². The molecule has 0 saturated carbocycles. The van der Waals surface area contributed by atoms with E-state index in [-0.39, 0.29) is 5.91 Å². The average molecular weight is 275 g/mol. The number of amides is 1. The molecule has 0 atom stereocenters. The Hall–Kier alpha value is -2.08. The Balaban J connectivity index is 1.75. The molecule has 106 valence electrons. The molecule has 0 bridgehead atoms. The van der Waals surface area contributed by atoms with Crippen molar-refractivity contribution in [1.29, 1.82) is 0 Å². The minimum Gasteiger partial charge on any atom is -0.423 e. The third kappa shape index (κ3) is 2.34. The number of piperazine rings is 1. The van der Waals surface area contributed by atoms with Gasteiger partial charge in [0.05, 0.1) is 0 Å². The van der Waals surface area contributed by atoms with Crippen LogP contribution >= 0.6 is 0 Å². The summed E-state index contributed by atoms with van der Waals surface area (Å²) in [6.07, 6.45) is 0. The first-order valence-corrected chi connectivity index (χ1v) is 6.68. The van der Waals surface area contributed by atoms with Crippen molar-refractivity contribution in [2.24, 2.45) is 0 Å². The molecule has 3 rings (SSSR count). The maximum absolute atomic E-state index is 11.4. The average Bonchev–Trinajstić information content (AvgIpc) is 2.89. The lowest BCUT2D eigenvalue weighted by atomic mass is 10.2. The molecule has 0 aliphatic carbocycles. The first-order chi connectivity index (χ1) is 9.67. The normalized spacial score (nSPS) is 15.9. The number of aryl methyl sites for hydroxylation is 1. The number of carbonyl (C=O) groups excluding carboxylic acids is 1. The van der Waals surface area contributed by atoms with Gasteiger partial charge in [-0.25, -0.2) is 0 Å². The summed E-state index contributed by atoms with van der Waals surface area (Å²) in [5.74, 6) is -0.224. The quantitative estimate of drug-likeness (QED) is 0.877. The number of hydrogen-bond acceptors (Lipinski definition) is 5. The smallest absolute Gasteiger partial charge is 0.298 e. The van der Waals surface area contributed by atoms with Gasteiger partial charge < -0.3 is 19.3 Å². The van der Waals surface area contributed by atoms with Gasteiger partial charge in [0.15, 0.2) is 5.58 Å². The minimum atomic E-state index is -0.428. The van der Waals surface area contributed by atoms with E-state index in [9.17, 15) is 4.79 Å². The van der Waals surface area contributed by atoms with Gasteiger partial charge in [0, 0.05) is 26.2 Å². The molecule has 0 unspecified atom stereocenters. The Morgan fingerprint density at radius 2 is 2.10 bits per heavy atom. The summed E-state index contributed by atoms with van der Waals surface area (Å²) in [6.45, 7) is 4.08. The Bertz CT molecular complexity index is 630. The highest BCUT2D eigenvalue weighted by molar-refractivity contribution is 5.78. The highest BCUT2D eigenvalue weighted by Gasteiger charge is 2.23. The van der Waals surface area contributed by atoms with Crippen molar-refractivity contribution in [3.63, 3.8) is 0 Å². The molecule has 0 radical (unpaired) electrons. The number of oxazole rings is 1. The van der Waals surface area contributed by atoms with Gasteiger partial charge >= 0.3 is 0 Å². The standard InChI is InChI=1S/C14H17N3O3/c1-10-2-3-12-11(8-10)15-14(20-12)17-6-4-16(5-7-17)13(19)9-18/h2-3,8,18H,4-7,9H2,1H3. The van der Waals surface area contributed by atoms with Crippen molar-refractivity contribution in [2.75, 3.05) is 37.7 Å². The van der Waals surface area contributed by atoms with E-state index in [4.69, 9.17) is 9.52 Å². The summed E-state index contributed by atoms with van der Waals surface area (Å²) in [5.41, 5.74) is 2.78. The van der Waals surface area contributed by atoms with Gasteiger partial charge in [-0.3, -0.25) is 4.79 Å². The van der Waals surface area contributed by atoms with Crippen LogP contribution in [-0.2, 0) is 4.79 Å². The van der Waals surface area contributed by atoms with E-state index in [1.165, 1.54) is 0 Å². The number of nitrogens with zero attached hydrogens (tertiary/aromatic N) is 3. The highest BCUT2D eigenvalue weighted by Crippen LogP contribution is 2.23. The third-order valence-corrected chi connectivity index (χ3v) is 3.57. The Morgan fingerprint density at radius 3 is 2.80 bits per heavy atom. The zero-order chi connectivity index (χ0) is 14.1. The fourth-order valence-electron chi connectivity index (χ4n) is 2.41. The maximum Gasteiger partial charge on any atom is 0.298 e. The molecule has 0 spiro atoms. The van der Waals surface area contributed by atoms with Crippen LogP contribution in [0.25, 0.3) is 11.1 Å². The van der Waals surface area contributed by atoms with Crippen LogP contribution in [0, 0.1) is 6.92 Å². The van der Waals surface area contributed by atoms with E-state index in [2.05, 4.69) is 4.98 Å². The summed E-state index contributed by atoms with van der Waals surface area (Å²) in [6, 6.07) is 6.51. The van der Waals surface area contributed by atoms with Crippen molar-refractivity contribution in [3.8, 4) is 0 Å². The van der Waals surface area contributed by atoms with Crippen molar-refractivity contribution in [3.05, 3.63) is 23.8 Å². The summed E-state index contributed by atoms with van der Waals surface area (Å²) in [4.78, 5) is 19.6. The molecule has 6 nitrogen and oxygen atoms in total. The number of fused-ring (bicyclic) bond motifs is 1. The van der Waals surface area contributed by atoms with Crippen molar-refractivity contribution < 1.29 is 14.3 Å². The second-order valence-electron chi connectivity index (χ2n) is 4.99. The summed E-state index contributed by atoms with van der Waals surface area (Å²) >= 11 is 0. The lowest BCUT2D eigenvalue weighted by Crippen LogP contribution is -2.49. The molecule has 1 aliphatic rings. The predicted octanol–water partition coefficient (Wildman–Crippen LogP) is 0.777. The molecule has 1 fully saturated rings. The molecule has 1 aliphatic heterocycles. The molecule has 20 heavy (non-hydrogen) atoms. The van der Waals surface area contributed by atoms with E-state index in [0.717, 1.165) is 16.7 Å². The number of aromatic nitrogens is 1. The summed E-state index contributed by atoms with van der Waals surface area (Å²) in [5, 5.41) is 8.86. The Labute approximate surface area is 116 Å². The molecule has 1 saturated heterocycles. The Morgan fingerprint density at radius 1 is 1.35 bits per heavy atom. The van der Waals surface area contributed by atoms with Crippen LogP contribution in [-0.4, -0.2) is 53.7 Å². The number of aliphatic hydroxyl groups excluding tert-OH is 1. The number of aliphatic hydroxyl groups is 1. The number of benzene rings is 1. The minimum absolute atomic E-state index is 0.224. The molecular formula is C14H17N3O3. The van der Waals surface area contributed by atoms with Crippen molar-refractivity contribution >= 4 is 23.0 Å². The lowest BCUT2D eigenvalue weighted by molar-refractivity contribution is -0.134. The fourth-order valence-corrected chi connectivity index (χ4v) is 2.41. The first kappa shape index (κ1) is 12.9. The fraction of sp³-hybridized carbons (Fsp3) is 0.429. The van der Waals surface area contributed by atoms with Gasteiger partial charge in [-0.2, -0.15) is 4.98 Å². The number of hydrogen-bond donors (Lipinski definition) is 1. The molecule has 1 aromatic heterocycles. The molecule has 1 amide bonds. The number of rotatable bonds is 2. The van der Waals surface area contributed by atoms with E-state index >= 15 is 0 Å². The van der Waals surface area contributed by atoms with Crippen LogP contribution < -0.4 is 4.90 Å². The van der Waals surface area contributed by atoms with E-state index in [1.54, 1.807) is 4.90 Å². The molecule has 1 N–H and O–H groups in total. The second kappa shape index (κ2) is 5.13. The lowest BCUT2D eigenvalue weighted by Gasteiger charge is -2.33. The van der Waals surface area contributed by atoms with Crippen molar-refractivity contribution in [2.45, 2.75) is 6.92 Å². The van der Waals surface area contributed by atoms with Crippen LogP contribution in [0.5, 0.6) is 0 Å². The van der Waals surface area contributed by atoms with Gasteiger partial charge in [0.25, 0.3) is 6.01 Å². The van der Waals surface area contributed by atoms with Crippen LogP contribution in [0.1, 0.15) is 5.56 Å². The Kier molecular flexibility index (Phi) is 3.31. The van der Waals surface area contributed by atoms with Crippen LogP contribution in [0.15, 0.2) is 22.6 Å². The largest absolute Gasteiger partial charge is 0.423 e. The molecule has 6 heteroatoms. The van der Waals surface area contributed by atoms with Crippen LogP contribution in [0.3, 0.4) is 0 Å². The molecule has 1 aromatic carbocycles. The second-order valence-corrected chi connectivity index (χ2v) is 4.99. The molecular weight excluding hydrogens is 258 g/mol. The summed E-state index contributed by atoms with van der Waals surface area (Å²) < 4.78 is 5.75. The number of anilines is 1. The van der Waals surface area contributed by atoms with Gasteiger partial charge in [-0.15, -0.1) is 0 Å². The van der Waals surface area contributed by atoms with E-state index < -0.39 is 6.61 Å². The summed E-state index contributed by atoms with van der Waals surface area (Å²) in [7, 11) is 0. The van der Waals surface area contributed by atoms with E-state index in [1.807, 2.05) is 30.0 Å². The van der Waals surface area contributed by atoms with E-state index in [0.29, 0.717) is 32.2 Å². The molecule has 2 heterocycles. The maximum atomic E-state index is 11.4. The van der Waals surface area contributed by atoms with Gasteiger partial charge in [-0.1, -0.05) is 6.07 Å². The highest BCUT2D eigenvalue weighted by atomic mass is 16.4. The third-order valence-electron chi connectivity index (χ3n) is 3.57. The predicted molar refractivity (Wildman–Crippen MR) is 74.6 cm³/mol. The zero-order valence-electron chi connectivity index (χ0n) is 11.4. The number of carbonyl (C=O) groups is 1. The topological polar surface area (TPSA) is 69.8 Å². The zero-order valence-corrected chi connectivity index (χ0v) is 11.4. The van der Waals surface area contributed by atoms with Gasteiger partial charge in [0.1, 0.15) is 12.1 Å².